The van der Waals surface area contributed by atoms with Gasteiger partial charge in [-0.05, 0) is 37.3 Å². The molecule has 1 saturated heterocycles. The van der Waals surface area contributed by atoms with Crippen LogP contribution in [0.25, 0.3) is 0 Å². The van der Waals surface area contributed by atoms with Crippen molar-refractivity contribution < 1.29 is 29.1 Å². The second-order valence-electron chi connectivity index (χ2n) is 8.67. The lowest BCUT2D eigenvalue weighted by atomic mass is 10.0. The van der Waals surface area contributed by atoms with E-state index in [1.807, 2.05) is 13.8 Å². The van der Waals surface area contributed by atoms with Crippen LogP contribution in [0.1, 0.15) is 43.5 Å². The Bertz CT molecular complexity index is 891. The van der Waals surface area contributed by atoms with E-state index >= 15 is 0 Å². The number of nitrogens with two attached hydrogens (primary N) is 1. The molecule has 6 N–H and O–H groups in total. The molecular formula is C23H33N5O6. The van der Waals surface area contributed by atoms with Crippen LogP contribution >= 0.6 is 0 Å². The highest BCUT2D eigenvalue weighted by molar-refractivity contribution is 5.97. The first-order valence-electron chi connectivity index (χ1n) is 11.3. The SMILES string of the molecule is CC(C)C[C@H](NC(=O)[C@@H]1CCCN1C(=O)CNC(=O)c1ccccc1)C(=O)NC[C@H](N)C(=O)O. The molecule has 11 nitrogen and oxygen atoms in total. The molecule has 0 aliphatic carbocycles. The molecule has 0 unspecified atom stereocenters. The quantitative estimate of drug-likeness (QED) is 0.286. The summed E-state index contributed by atoms with van der Waals surface area (Å²) in [6.07, 6.45) is 1.38. The number of benzene rings is 1. The Kier molecular flexibility index (Phi) is 9.99. The number of nitrogens with one attached hydrogen (secondary N) is 3. The van der Waals surface area contributed by atoms with Crippen LogP contribution in [0, 0.1) is 5.92 Å². The maximum absolute atomic E-state index is 13.0. The van der Waals surface area contributed by atoms with Crippen LogP contribution in [0.4, 0.5) is 0 Å². The second kappa shape index (κ2) is 12.7. The molecule has 186 valence electrons. The van der Waals surface area contributed by atoms with Crippen molar-refractivity contribution >= 4 is 29.6 Å². The number of carboxylic acid groups (broad SMARTS) is 1. The van der Waals surface area contributed by atoms with Crippen LogP contribution in [-0.2, 0) is 19.2 Å². The molecule has 0 saturated carbocycles. The number of hydrogen-bond acceptors (Lipinski definition) is 6. The maximum Gasteiger partial charge on any atom is 0.322 e. The molecular weight excluding hydrogens is 442 g/mol. The molecule has 11 heteroatoms. The smallest absolute Gasteiger partial charge is 0.322 e. The first-order valence-corrected chi connectivity index (χ1v) is 11.3. The zero-order chi connectivity index (χ0) is 25.3. The monoisotopic (exact) mass is 475 g/mol. The summed E-state index contributed by atoms with van der Waals surface area (Å²) in [4.78, 5) is 62.8. The van der Waals surface area contributed by atoms with Crippen molar-refractivity contribution in [3.8, 4) is 0 Å². The van der Waals surface area contributed by atoms with Crippen LogP contribution in [0.5, 0.6) is 0 Å². The van der Waals surface area contributed by atoms with Crippen molar-refractivity contribution in [2.45, 2.75) is 51.2 Å². The maximum atomic E-state index is 13.0. The Morgan fingerprint density at radius 3 is 2.41 bits per heavy atom. The minimum Gasteiger partial charge on any atom is -0.480 e. The van der Waals surface area contributed by atoms with Crippen LogP contribution < -0.4 is 21.7 Å². The van der Waals surface area contributed by atoms with Gasteiger partial charge in [0.05, 0.1) is 6.54 Å². The molecule has 0 aromatic heterocycles. The van der Waals surface area contributed by atoms with E-state index in [1.54, 1.807) is 30.3 Å². The van der Waals surface area contributed by atoms with E-state index in [9.17, 15) is 24.0 Å². The molecule has 0 radical (unpaired) electrons. The second-order valence-corrected chi connectivity index (χ2v) is 8.67. The van der Waals surface area contributed by atoms with Crippen molar-refractivity contribution in [1.82, 2.24) is 20.9 Å². The molecule has 0 spiro atoms. The number of hydrogen-bond donors (Lipinski definition) is 5. The molecule has 0 bridgehead atoms. The van der Waals surface area contributed by atoms with Gasteiger partial charge in [0.2, 0.25) is 17.7 Å². The Morgan fingerprint density at radius 2 is 1.79 bits per heavy atom. The molecule has 1 aromatic rings. The van der Waals surface area contributed by atoms with E-state index in [2.05, 4.69) is 16.0 Å². The summed E-state index contributed by atoms with van der Waals surface area (Å²) in [6.45, 7) is 3.62. The lowest BCUT2D eigenvalue weighted by molar-refractivity contribution is -0.139. The molecule has 2 rings (SSSR count). The van der Waals surface area contributed by atoms with Crippen LogP contribution in [0.3, 0.4) is 0 Å². The minimum atomic E-state index is -1.26. The van der Waals surface area contributed by atoms with Gasteiger partial charge in [0.1, 0.15) is 18.1 Å². The molecule has 1 fully saturated rings. The Morgan fingerprint density at radius 1 is 1.12 bits per heavy atom. The fraction of sp³-hybridized carbons (Fsp3) is 0.522. The third kappa shape index (κ3) is 7.84. The van der Waals surface area contributed by atoms with Gasteiger partial charge in [-0.15, -0.1) is 0 Å². The molecule has 1 aromatic carbocycles. The predicted molar refractivity (Wildman–Crippen MR) is 124 cm³/mol. The van der Waals surface area contributed by atoms with Gasteiger partial charge < -0.3 is 31.7 Å². The lowest BCUT2D eigenvalue weighted by Gasteiger charge is -2.27. The van der Waals surface area contributed by atoms with Crippen molar-refractivity contribution in [3.63, 3.8) is 0 Å². The molecule has 1 aliphatic heterocycles. The van der Waals surface area contributed by atoms with E-state index in [1.165, 1.54) is 4.90 Å². The molecule has 34 heavy (non-hydrogen) atoms. The standard InChI is InChI=1S/C23H33N5O6/c1-14(2)11-17(21(31)25-12-16(24)23(33)34)27-22(32)18-9-6-10-28(18)19(29)13-26-20(30)15-7-4-3-5-8-15/h3-5,7-8,14,16-18H,6,9-13,24H2,1-2H3,(H,25,31)(H,26,30)(H,27,32)(H,33,34)/t16-,17-,18-/m0/s1. The third-order valence-electron chi connectivity index (χ3n) is 5.47. The number of nitrogens with zero attached hydrogens (tertiary/aromatic N) is 1. The van der Waals surface area contributed by atoms with Gasteiger partial charge >= 0.3 is 5.97 Å². The average Bonchev–Trinajstić information content (AvgIpc) is 3.30. The van der Waals surface area contributed by atoms with Crippen molar-refractivity contribution in [2.24, 2.45) is 11.7 Å². The number of carbonyl (C=O) groups excluding carboxylic acids is 4. The fourth-order valence-electron chi connectivity index (χ4n) is 3.68. The molecule has 4 amide bonds. The fourth-order valence-corrected chi connectivity index (χ4v) is 3.68. The van der Waals surface area contributed by atoms with Gasteiger partial charge in [-0.1, -0.05) is 32.0 Å². The Labute approximate surface area is 198 Å². The van der Waals surface area contributed by atoms with Crippen molar-refractivity contribution in [1.29, 1.82) is 0 Å². The van der Waals surface area contributed by atoms with E-state index in [0.717, 1.165) is 0 Å². The van der Waals surface area contributed by atoms with Gasteiger partial charge in [0, 0.05) is 18.7 Å². The molecule has 1 heterocycles. The zero-order valence-electron chi connectivity index (χ0n) is 19.5. The van der Waals surface area contributed by atoms with E-state index < -0.39 is 35.9 Å². The topological polar surface area (TPSA) is 171 Å². The van der Waals surface area contributed by atoms with Crippen LogP contribution in [0.2, 0.25) is 0 Å². The van der Waals surface area contributed by atoms with Crippen molar-refractivity contribution in [3.05, 3.63) is 35.9 Å². The van der Waals surface area contributed by atoms with Gasteiger partial charge in [-0.2, -0.15) is 0 Å². The van der Waals surface area contributed by atoms with E-state index in [-0.39, 0.29) is 30.8 Å². The normalized spacial score (nSPS) is 17.1. The number of likely N-dealkylation sites (tertiary alicyclic amines) is 1. The first-order chi connectivity index (χ1) is 16.1. The largest absolute Gasteiger partial charge is 0.480 e. The average molecular weight is 476 g/mol. The lowest BCUT2D eigenvalue weighted by Crippen LogP contribution is -2.55. The first kappa shape index (κ1) is 26.8. The highest BCUT2D eigenvalue weighted by Crippen LogP contribution is 2.18. The number of carboxylic acids is 1. The van der Waals surface area contributed by atoms with E-state index in [0.29, 0.717) is 31.4 Å². The summed E-state index contributed by atoms with van der Waals surface area (Å²) in [6, 6.07) is 5.57. The highest BCUT2D eigenvalue weighted by atomic mass is 16.4. The third-order valence-corrected chi connectivity index (χ3v) is 5.47. The molecule has 1 aliphatic rings. The van der Waals surface area contributed by atoms with Gasteiger partial charge in [-0.25, -0.2) is 0 Å². The summed E-state index contributed by atoms with van der Waals surface area (Å²) in [5.41, 5.74) is 5.86. The van der Waals surface area contributed by atoms with Gasteiger partial charge in [-0.3, -0.25) is 24.0 Å². The summed E-state index contributed by atoms with van der Waals surface area (Å²) in [5, 5.41) is 16.6. The summed E-state index contributed by atoms with van der Waals surface area (Å²) >= 11 is 0. The minimum absolute atomic E-state index is 0.0682. The van der Waals surface area contributed by atoms with Gasteiger partial charge in [0.15, 0.2) is 0 Å². The summed E-state index contributed by atoms with van der Waals surface area (Å²) in [7, 11) is 0. The Hall–Kier alpha value is -3.47. The summed E-state index contributed by atoms with van der Waals surface area (Å²) < 4.78 is 0. The number of carbonyl (C=O) groups is 5. The van der Waals surface area contributed by atoms with Crippen LogP contribution in [0.15, 0.2) is 30.3 Å². The number of amides is 4. The zero-order valence-corrected chi connectivity index (χ0v) is 19.5. The number of aliphatic carboxylic acids is 1. The highest BCUT2D eigenvalue weighted by Gasteiger charge is 2.36. The van der Waals surface area contributed by atoms with Gasteiger partial charge in [0.25, 0.3) is 5.91 Å². The van der Waals surface area contributed by atoms with Crippen LogP contribution in [-0.4, -0.2) is 77.4 Å². The Balaban J connectivity index is 1.96. The summed E-state index contributed by atoms with van der Waals surface area (Å²) in [5.74, 6) is -2.96. The molecule has 3 atom stereocenters. The number of rotatable bonds is 11. The van der Waals surface area contributed by atoms with E-state index in [4.69, 9.17) is 10.8 Å². The van der Waals surface area contributed by atoms with Crippen molar-refractivity contribution in [2.75, 3.05) is 19.6 Å². The predicted octanol–water partition coefficient (Wildman–Crippen LogP) is -0.534.